The predicted molar refractivity (Wildman–Crippen MR) is 66.5 cm³/mol. The number of hydrogen-bond donors (Lipinski definition) is 2. The zero-order valence-electron chi connectivity index (χ0n) is 10.2. The SMILES string of the molecule is Cc1cc(CNC(CO)c2ccco2)ccc1F. The standard InChI is InChI=1S/C14H16FNO2/c1-10-7-11(4-5-12(10)15)8-16-13(9-17)14-3-2-6-18-14/h2-7,13,16-17H,8-9H2,1H3. The molecule has 18 heavy (non-hydrogen) atoms. The number of benzene rings is 1. The van der Waals surface area contributed by atoms with E-state index in [1.54, 1.807) is 31.4 Å². The molecular formula is C14H16FNO2. The number of hydrogen-bond acceptors (Lipinski definition) is 3. The summed E-state index contributed by atoms with van der Waals surface area (Å²) in [6.45, 7) is 2.23. The number of aryl methyl sites for hydroxylation is 1. The van der Waals surface area contributed by atoms with E-state index in [4.69, 9.17) is 4.42 Å². The highest BCUT2D eigenvalue weighted by molar-refractivity contribution is 5.24. The van der Waals surface area contributed by atoms with E-state index in [-0.39, 0.29) is 18.5 Å². The van der Waals surface area contributed by atoms with Crippen molar-refractivity contribution < 1.29 is 13.9 Å². The Kier molecular flexibility index (Phi) is 4.12. The van der Waals surface area contributed by atoms with E-state index in [1.807, 2.05) is 6.07 Å². The third-order valence-electron chi connectivity index (χ3n) is 2.84. The van der Waals surface area contributed by atoms with Crippen LogP contribution >= 0.6 is 0 Å². The van der Waals surface area contributed by atoms with E-state index in [9.17, 15) is 9.50 Å². The van der Waals surface area contributed by atoms with Gasteiger partial charge in [0.15, 0.2) is 0 Å². The molecule has 96 valence electrons. The second-order valence-electron chi connectivity index (χ2n) is 4.22. The van der Waals surface area contributed by atoms with Crippen molar-refractivity contribution in [2.45, 2.75) is 19.5 Å². The maximum absolute atomic E-state index is 13.1. The Morgan fingerprint density at radius 2 is 2.22 bits per heavy atom. The molecule has 2 rings (SSSR count). The Morgan fingerprint density at radius 1 is 1.39 bits per heavy atom. The molecule has 2 N–H and O–H groups in total. The van der Waals surface area contributed by atoms with Crippen LogP contribution in [0.5, 0.6) is 0 Å². The largest absolute Gasteiger partial charge is 0.468 e. The monoisotopic (exact) mass is 249 g/mol. The average molecular weight is 249 g/mol. The van der Waals surface area contributed by atoms with Crippen LogP contribution in [0.3, 0.4) is 0 Å². The van der Waals surface area contributed by atoms with Crippen LogP contribution in [0.1, 0.15) is 22.9 Å². The molecule has 0 fully saturated rings. The Morgan fingerprint density at radius 3 is 2.83 bits per heavy atom. The Balaban J connectivity index is 1.99. The van der Waals surface area contributed by atoms with Crippen molar-refractivity contribution in [3.05, 3.63) is 59.3 Å². The first-order valence-corrected chi connectivity index (χ1v) is 5.83. The molecule has 1 heterocycles. The van der Waals surface area contributed by atoms with Gasteiger partial charge in [-0.2, -0.15) is 0 Å². The summed E-state index contributed by atoms with van der Waals surface area (Å²) in [6.07, 6.45) is 1.57. The van der Waals surface area contributed by atoms with Gasteiger partial charge in [-0.15, -0.1) is 0 Å². The topological polar surface area (TPSA) is 45.4 Å². The van der Waals surface area contributed by atoms with Gasteiger partial charge in [0.05, 0.1) is 18.9 Å². The molecule has 0 amide bonds. The van der Waals surface area contributed by atoms with Crippen LogP contribution in [0.2, 0.25) is 0 Å². The van der Waals surface area contributed by atoms with Crippen molar-refractivity contribution >= 4 is 0 Å². The van der Waals surface area contributed by atoms with Crippen LogP contribution < -0.4 is 5.32 Å². The van der Waals surface area contributed by atoms with Crippen LogP contribution in [0.25, 0.3) is 0 Å². The molecule has 2 aromatic rings. The molecule has 1 aromatic heterocycles. The molecule has 0 saturated heterocycles. The molecule has 4 heteroatoms. The van der Waals surface area contributed by atoms with Crippen molar-refractivity contribution in [2.24, 2.45) is 0 Å². The van der Waals surface area contributed by atoms with Gasteiger partial charge < -0.3 is 14.8 Å². The Labute approximate surface area is 105 Å². The highest BCUT2D eigenvalue weighted by Crippen LogP contribution is 2.14. The van der Waals surface area contributed by atoms with Gasteiger partial charge in [-0.05, 0) is 36.2 Å². The lowest BCUT2D eigenvalue weighted by atomic mass is 10.1. The summed E-state index contributed by atoms with van der Waals surface area (Å²) in [7, 11) is 0. The number of rotatable bonds is 5. The first kappa shape index (κ1) is 12.8. The molecule has 0 aliphatic carbocycles. The van der Waals surface area contributed by atoms with Crippen LogP contribution in [0.15, 0.2) is 41.0 Å². The van der Waals surface area contributed by atoms with Crippen LogP contribution in [0.4, 0.5) is 4.39 Å². The predicted octanol–water partition coefficient (Wildman–Crippen LogP) is 2.55. The third-order valence-corrected chi connectivity index (χ3v) is 2.84. The molecule has 1 unspecified atom stereocenters. The second-order valence-corrected chi connectivity index (χ2v) is 4.22. The lowest BCUT2D eigenvalue weighted by Crippen LogP contribution is -2.23. The number of nitrogens with one attached hydrogen (secondary N) is 1. The normalized spacial score (nSPS) is 12.6. The fourth-order valence-electron chi connectivity index (χ4n) is 1.80. The van der Waals surface area contributed by atoms with Crippen molar-refractivity contribution in [1.29, 1.82) is 0 Å². The van der Waals surface area contributed by atoms with Gasteiger partial charge in [-0.3, -0.25) is 0 Å². The van der Waals surface area contributed by atoms with Gasteiger partial charge in [0.2, 0.25) is 0 Å². The Hall–Kier alpha value is -1.65. The lowest BCUT2D eigenvalue weighted by molar-refractivity contribution is 0.225. The first-order valence-electron chi connectivity index (χ1n) is 5.83. The average Bonchev–Trinajstić information content (AvgIpc) is 2.88. The molecule has 0 aliphatic rings. The molecule has 1 aromatic carbocycles. The van der Waals surface area contributed by atoms with E-state index >= 15 is 0 Å². The van der Waals surface area contributed by atoms with Gasteiger partial charge in [0, 0.05) is 6.54 Å². The second kappa shape index (κ2) is 5.80. The number of furan rings is 1. The third kappa shape index (κ3) is 2.97. The minimum absolute atomic E-state index is 0.0479. The van der Waals surface area contributed by atoms with Crippen molar-refractivity contribution in [1.82, 2.24) is 5.32 Å². The summed E-state index contributed by atoms with van der Waals surface area (Å²) in [5, 5.41) is 12.5. The quantitative estimate of drug-likeness (QED) is 0.856. The van der Waals surface area contributed by atoms with Gasteiger partial charge in [0.25, 0.3) is 0 Å². The highest BCUT2D eigenvalue weighted by atomic mass is 19.1. The van der Waals surface area contributed by atoms with E-state index < -0.39 is 0 Å². The smallest absolute Gasteiger partial charge is 0.126 e. The highest BCUT2D eigenvalue weighted by Gasteiger charge is 2.12. The molecule has 0 radical (unpaired) electrons. The summed E-state index contributed by atoms with van der Waals surface area (Å²) >= 11 is 0. The summed E-state index contributed by atoms with van der Waals surface area (Å²) in [6, 6.07) is 8.31. The molecule has 0 bridgehead atoms. The lowest BCUT2D eigenvalue weighted by Gasteiger charge is -2.14. The van der Waals surface area contributed by atoms with E-state index in [1.165, 1.54) is 6.07 Å². The van der Waals surface area contributed by atoms with Crippen LogP contribution in [-0.4, -0.2) is 11.7 Å². The van der Waals surface area contributed by atoms with Crippen LogP contribution in [-0.2, 0) is 6.54 Å². The number of aliphatic hydroxyl groups excluding tert-OH is 1. The Bertz CT molecular complexity index is 497. The van der Waals surface area contributed by atoms with E-state index in [2.05, 4.69) is 5.32 Å². The molecule has 0 aliphatic heterocycles. The maximum atomic E-state index is 13.1. The summed E-state index contributed by atoms with van der Waals surface area (Å²) < 4.78 is 18.3. The molecular weight excluding hydrogens is 233 g/mol. The summed E-state index contributed by atoms with van der Waals surface area (Å²) in [5.74, 6) is 0.486. The van der Waals surface area contributed by atoms with Gasteiger partial charge in [-0.1, -0.05) is 12.1 Å². The van der Waals surface area contributed by atoms with Gasteiger partial charge in [-0.25, -0.2) is 4.39 Å². The fourth-order valence-corrected chi connectivity index (χ4v) is 1.80. The van der Waals surface area contributed by atoms with Crippen molar-refractivity contribution in [3.63, 3.8) is 0 Å². The zero-order chi connectivity index (χ0) is 13.0. The number of aliphatic hydroxyl groups is 1. The first-order chi connectivity index (χ1) is 8.70. The molecule has 0 spiro atoms. The minimum atomic E-state index is -0.245. The van der Waals surface area contributed by atoms with Gasteiger partial charge >= 0.3 is 0 Å². The summed E-state index contributed by atoms with van der Waals surface area (Å²) in [5.41, 5.74) is 1.59. The number of halogens is 1. The maximum Gasteiger partial charge on any atom is 0.126 e. The molecule has 1 atom stereocenters. The summed E-state index contributed by atoms with van der Waals surface area (Å²) in [4.78, 5) is 0. The van der Waals surface area contributed by atoms with E-state index in [0.29, 0.717) is 17.9 Å². The molecule has 0 saturated carbocycles. The zero-order valence-corrected chi connectivity index (χ0v) is 10.2. The van der Waals surface area contributed by atoms with Crippen molar-refractivity contribution in [3.8, 4) is 0 Å². The van der Waals surface area contributed by atoms with Crippen molar-refractivity contribution in [2.75, 3.05) is 6.61 Å². The fraction of sp³-hybridized carbons (Fsp3) is 0.286. The molecule has 3 nitrogen and oxygen atoms in total. The van der Waals surface area contributed by atoms with Crippen LogP contribution in [0, 0.1) is 12.7 Å². The minimum Gasteiger partial charge on any atom is -0.468 e. The van der Waals surface area contributed by atoms with E-state index in [0.717, 1.165) is 5.56 Å². The van der Waals surface area contributed by atoms with Gasteiger partial charge in [0.1, 0.15) is 11.6 Å².